The van der Waals surface area contributed by atoms with E-state index >= 15 is 0 Å². The molecule has 0 saturated carbocycles. The first-order valence-corrected chi connectivity index (χ1v) is 12.4. The van der Waals surface area contributed by atoms with Crippen LogP contribution in [0.1, 0.15) is 36.7 Å². The first-order valence-electron chi connectivity index (χ1n) is 11.2. The van der Waals surface area contributed by atoms with Crippen LogP contribution in [0.2, 0.25) is 0 Å². The van der Waals surface area contributed by atoms with Crippen LogP contribution in [0, 0.1) is 0 Å². The van der Waals surface area contributed by atoms with Gasteiger partial charge in [0.25, 0.3) is 0 Å². The minimum absolute atomic E-state index is 0.0759. The summed E-state index contributed by atoms with van der Waals surface area (Å²) in [6.45, 7) is 0. The molecule has 4 aromatic rings. The summed E-state index contributed by atoms with van der Waals surface area (Å²) in [5, 5.41) is 3.32. The van der Waals surface area contributed by atoms with E-state index in [9.17, 15) is 4.79 Å². The van der Waals surface area contributed by atoms with Crippen molar-refractivity contribution < 1.29 is 4.79 Å². The summed E-state index contributed by atoms with van der Waals surface area (Å²) < 4.78 is 2.25. The van der Waals surface area contributed by atoms with Crippen LogP contribution in [0.3, 0.4) is 0 Å². The van der Waals surface area contributed by atoms with Gasteiger partial charge in [0.05, 0.1) is 29.0 Å². The fourth-order valence-corrected chi connectivity index (χ4v) is 5.93. The van der Waals surface area contributed by atoms with Gasteiger partial charge in [-0.15, -0.1) is 0 Å². The smallest absolute Gasteiger partial charge is 0.222 e. The lowest BCUT2D eigenvalue weighted by Crippen LogP contribution is -2.43. The fourth-order valence-electron chi connectivity index (χ4n) is 4.68. The Hall–Kier alpha value is -2.99. The number of rotatable bonds is 7. The molecule has 0 spiro atoms. The molecule has 0 radical (unpaired) electrons. The zero-order valence-corrected chi connectivity index (χ0v) is 18.9. The number of nitrogens with one attached hydrogen (secondary N) is 2. The lowest BCUT2D eigenvalue weighted by atomic mass is 9.87. The topological polar surface area (TPSA) is 62.7 Å². The minimum Gasteiger partial charge on any atom is -0.348 e. The average Bonchev–Trinajstić information content (AvgIpc) is 3.50. The van der Waals surface area contributed by atoms with Crippen LogP contribution in [-0.4, -0.2) is 31.9 Å². The van der Waals surface area contributed by atoms with Crippen molar-refractivity contribution in [3.8, 4) is 0 Å². The van der Waals surface area contributed by atoms with Crippen molar-refractivity contribution in [3.05, 3.63) is 90.5 Å². The number of carbonyl (C=O) groups is 1. The van der Waals surface area contributed by atoms with Crippen LogP contribution in [0.15, 0.2) is 79.1 Å². The highest BCUT2D eigenvalue weighted by molar-refractivity contribution is 7.99. The predicted molar refractivity (Wildman–Crippen MR) is 131 cm³/mol. The molecule has 1 saturated heterocycles. The molecule has 1 atom stereocenters. The van der Waals surface area contributed by atoms with Crippen LogP contribution in [0.25, 0.3) is 11.0 Å². The molecule has 2 aromatic heterocycles. The molecule has 2 N–H and O–H groups in total. The SMILES string of the molecule is O=C(CC1(n2cccc2)CCSCC1)N[C@@H](Cc1ccccc1)c1nc2ccccc2[nH]1. The van der Waals surface area contributed by atoms with Gasteiger partial charge in [0.15, 0.2) is 0 Å². The predicted octanol–water partition coefficient (Wildman–Crippen LogP) is 5.08. The zero-order valence-electron chi connectivity index (χ0n) is 18.0. The highest BCUT2D eigenvalue weighted by atomic mass is 32.2. The van der Waals surface area contributed by atoms with Crippen molar-refractivity contribution in [2.75, 3.05) is 11.5 Å². The zero-order chi connectivity index (χ0) is 21.8. The first kappa shape index (κ1) is 20.9. The average molecular weight is 445 g/mol. The standard InChI is InChI=1S/C26H28N4OS/c31-24(19-26(12-16-32-17-13-26)30-14-6-7-15-30)27-23(18-20-8-2-1-3-9-20)25-28-21-10-4-5-11-22(21)29-25/h1-11,14-15,23H,12-13,16-19H2,(H,27,31)(H,28,29)/t23-/m0/s1. The van der Waals surface area contributed by atoms with Crippen molar-refractivity contribution in [1.82, 2.24) is 19.9 Å². The molecule has 3 heterocycles. The third kappa shape index (κ3) is 4.46. The van der Waals surface area contributed by atoms with E-state index in [1.54, 1.807) is 0 Å². The van der Waals surface area contributed by atoms with Crippen molar-refractivity contribution in [1.29, 1.82) is 0 Å². The number of benzene rings is 2. The molecule has 1 fully saturated rings. The molecule has 32 heavy (non-hydrogen) atoms. The maximum atomic E-state index is 13.4. The van der Waals surface area contributed by atoms with Gasteiger partial charge in [-0.3, -0.25) is 4.79 Å². The number of nitrogens with zero attached hydrogens (tertiary/aromatic N) is 2. The molecule has 2 aromatic carbocycles. The number of amides is 1. The van der Waals surface area contributed by atoms with Crippen molar-refractivity contribution in [2.45, 2.75) is 37.3 Å². The van der Waals surface area contributed by atoms with Crippen molar-refractivity contribution >= 4 is 28.7 Å². The number of hydrogen-bond acceptors (Lipinski definition) is 3. The molecule has 6 heteroatoms. The second-order valence-electron chi connectivity index (χ2n) is 8.55. The summed E-state index contributed by atoms with van der Waals surface area (Å²) in [7, 11) is 0. The van der Waals surface area contributed by atoms with E-state index in [-0.39, 0.29) is 17.5 Å². The number of fused-ring (bicyclic) bond motifs is 1. The summed E-state index contributed by atoms with van der Waals surface area (Å²) in [6, 6.07) is 22.2. The summed E-state index contributed by atoms with van der Waals surface area (Å²) in [4.78, 5) is 21.7. The van der Waals surface area contributed by atoms with E-state index in [1.807, 2.05) is 66.4 Å². The maximum Gasteiger partial charge on any atom is 0.222 e. The quantitative estimate of drug-likeness (QED) is 0.418. The number of imidazole rings is 1. The number of aromatic nitrogens is 3. The summed E-state index contributed by atoms with van der Waals surface area (Å²) in [5.74, 6) is 3.05. The second-order valence-corrected chi connectivity index (χ2v) is 9.78. The van der Waals surface area contributed by atoms with E-state index < -0.39 is 0 Å². The molecule has 164 valence electrons. The monoisotopic (exact) mass is 444 g/mol. The number of para-hydroxylation sites is 2. The molecule has 1 aliphatic heterocycles. The van der Waals surface area contributed by atoms with Gasteiger partial charge in [-0.1, -0.05) is 42.5 Å². The van der Waals surface area contributed by atoms with Crippen LogP contribution in [0.5, 0.6) is 0 Å². The summed E-state index contributed by atoms with van der Waals surface area (Å²) >= 11 is 1.98. The van der Waals surface area contributed by atoms with Gasteiger partial charge in [-0.2, -0.15) is 11.8 Å². The highest BCUT2D eigenvalue weighted by Crippen LogP contribution is 2.37. The molecule has 1 aliphatic rings. The lowest BCUT2D eigenvalue weighted by Gasteiger charge is -2.38. The summed E-state index contributed by atoms with van der Waals surface area (Å²) in [5.41, 5.74) is 2.93. The second kappa shape index (κ2) is 9.25. The van der Waals surface area contributed by atoms with E-state index in [0.717, 1.165) is 41.2 Å². The Morgan fingerprint density at radius 3 is 2.50 bits per heavy atom. The Morgan fingerprint density at radius 1 is 1.03 bits per heavy atom. The number of thioether (sulfide) groups is 1. The third-order valence-electron chi connectivity index (χ3n) is 6.42. The van der Waals surface area contributed by atoms with Gasteiger partial charge < -0.3 is 14.9 Å². The Labute approximate surface area is 192 Å². The van der Waals surface area contributed by atoms with Gasteiger partial charge in [0.2, 0.25) is 5.91 Å². The van der Waals surface area contributed by atoms with Crippen LogP contribution in [0.4, 0.5) is 0 Å². The van der Waals surface area contributed by atoms with Crippen molar-refractivity contribution in [3.63, 3.8) is 0 Å². The first-order chi connectivity index (χ1) is 15.7. The van der Waals surface area contributed by atoms with Crippen LogP contribution < -0.4 is 5.32 Å². The molecular weight excluding hydrogens is 416 g/mol. The Kier molecular flexibility index (Phi) is 6.04. The maximum absolute atomic E-state index is 13.4. The molecule has 5 nitrogen and oxygen atoms in total. The van der Waals surface area contributed by atoms with E-state index in [2.05, 4.69) is 39.4 Å². The van der Waals surface area contributed by atoms with Crippen LogP contribution >= 0.6 is 11.8 Å². The minimum atomic E-state index is -0.211. The lowest BCUT2D eigenvalue weighted by molar-refractivity contribution is -0.124. The highest BCUT2D eigenvalue weighted by Gasteiger charge is 2.36. The van der Waals surface area contributed by atoms with E-state index in [0.29, 0.717) is 12.8 Å². The fraction of sp³-hybridized carbons (Fsp3) is 0.308. The number of hydrogen-bond donors (Lipinski definition) is 2. The molecular formula is C26H28N4OS. The van der Waals surface area contributed by atoms with Crippen LogP contribution in [-0.2, 0) is 16.8 Å². The Morgan fingerprint density at radius 2 is 1.75 bits per heavy atom. The third-order valence-corrected chi connectivity index (χ3v) is 7.41. The molecule has 0 bridgehead atoms. The van der Waals surface area contributed by atoms with E-state index in [4.69, 9.17) is 4.98 Å². The van der Waals surface area contributed by atoms with Gasteiger partial charge in [0.1, 0.15) is 5.82 Å². The largest absolute Gasteiger partial charge is 0.348 e. The molecule has 1 amide bonds. The van der Waals surface area contributed by atoms with Gasteiger partial charge in [-0.25, -0.2) is 4.98 Å². The molecule has 0 unspecified atom stereocenters. The number of aromatic amines is 1. The van der Waals surface area contributed by atoms with Gasteiger partial charge in [-0.05, 0) is 60.6 Å². The number of carbonyl (C=O) groups excluding carboxylic acids is 1. The summed E-state index contributed by atoms with van der Waals surface area (Å²) in [6.07, 6.45) is 7.39. The molecule has 0 aliphatic carbocycles. The van der Waals surface area contributed by atoms with Gasteiger partial charge >= 0.3 is 0 Å². The molecule has 5 rings (SSSR count). The van der Waals surface area contributed by atoms with E-state index in [1.165, 1.54) is 5.56 Å². The Balaban J connectivity index is 1.40. The van der Waals surface area contributed by atoms with Gasteiger partial charge in [0, 0.05) is 12.4 Å². The Bertz CT molecular complexity index is 1130. The number of H-pyrrole nitrogens is 1. The normalized spacial score (nSPS) is 16.6. The van der Waals surface area contributed by atoms with Crippen molar-refractivity contribution in [2.24, 2.45) is 0 Å².